The summed E-state index contributed by atoms with van der Waals surface area (Å²) < 4.78 is 5.08. The van der Waals surface area contributed by atoms with Gasteiger partial charge in [-0.1, -0.05) is 18.6 Å². The molecule has 0 spiro atoms. The van der Waals surface area contributed by atoms with Crippen molar-refractivity contribution in [3.05, 3.63) is 29.3 Å². The van der Waals surface area contributed by atoms with E-state index in [0.29, 0.717) is 17.9 Å². The fourth-order valence-corrected chi connectivity index (χ4v) is 1.64. The van der Waals surface area contributed by atoms with Crippen LogP contribution >= 0.6 is 0 Å². The molecule has 17 heavy (non-hydrogen) atoms. The minimum atomic E-state index is -0.913. The average Bonchev–Trinajstić information content (AvgIpc) is 2.30. The van der Waals surface area contributed by atoms with Crippen LogP contribution in [0.15, 0.2) is 18.2 Å². The highest BCUT2D eigenvalue weighted by molar-refractivity contribution is 5.94. The molecule has 0 fully saturated rings. The fraction of sp³-hybridized carbons (Fsp3) is 0.462. The number of hydrogen-bond acceptors (Lipinski definition) is 3. The van der Waals surface area contributed by atoms with Crippen molar-refractivity contribution in [2.24, 2.45) is 0 Å². The van der Waals surface area contributed by atoms with Crippen LogP contribution in [0.1, 0.15) is 29.3 Å². The third-order valence-electron chi connectivity index (χ3n) is 2.63. The molecule has 0 radical (unpaired) electrons. The number of rotatable bonds is 6. The smallest absolute Gasteiger partial charge is 0.337 e. The van der Waals surface area contributed by atoms with Gasteiger partial charge >= 0.3 is 5.97 Å². The number of nitrogens with one attached hydrogen (secondary N) is 1. The second-order valence-corrected chi connectivity index (χ2v) is 4.06. The van der Waals surface area contributed by atoms with E-state index in [9.17, 15) is 4.79 Å². The van der Waals surface area contributed by atoms with Crippen molar-refractivity contribution in [1.29, 1.82) is 0 Å². The van der Waals surface area contributed by atoms with Crippen LogP contribution in [0.5, 0.6) is 0 Å². The van der Waals surface area contributed by atoms with Crippen LogP contribution in [0.2, 0.25) is 0 Å². The summed E-state index contributed by atoms with van der Waals surface area (Å²) in [5.74, 6) is -0.913. The average molecular weight is 237 g/mol. The first-order valence-electron chi connectivity index (χ1n) is 5.67. The van der Waals surface area contributed by atoms with Gasteiger partial charge in [-0.3, -0.25) is 0 Å². The van der Waals surface area contributed by atoms with Crippen molar-refractivity contribution >= 4 is 11.7 Å². The molecule has 2 N–H and O–H groups in total. The summed E-state index contributed by atoms with van der Waals surface area (Å²) in [6.07, 6.45) is 0.876. The van der Waals surface area contributed by atoms with Gasteiger partial charge in [0.25, 0.3) is 0 Å². The Morgan fingerprint density at radius 1 is 1.53 bits per heavy atom. The topological polar surface area (TPSA) is 58.6 Å². The van der Waals surface area contributed by atoms with Gasteiger partial charge in [-0.05, 0) is 25.5 Å². The van der Waals surface area contributed by atoms with Crippen LogP contribution in [0.4, 0.5) is 5.69 Å². The van der Waals surface area contributed by atoms with Gasteiger partial charge in [0.1, 0.15) is 0 Å². The highest BCUT2D eigenvalue weighted by atomic mass is 16.5. The van der Waals surface area contributed by atoms with Gasteiger partial charge in [-0.15, -0.1) is 0 Å². The van der Waals surface area contributed by atoms with E-state index >= 15 is 0 Å². The molecule has 1 unspecified atom stereocenters. The van der Waals surface area contributed by atoms with E-state index in [2.05, 4.69) is 5.32 Å². The Morgan fingerprint density at radius 2 is 2.24 bits per heavy atom. The third-order valence-corrected chi connectivity index (χ3v) is 2.63. The Kier molecular flexibility index (Phi) is 4.97. The van der Waals surface area contributed by atoms with Crippen LogP contribution in [0.25, 0.3) is 0 Å². The highest BCUT2D eigenvalue weighted by Crippen LogP contribution is 2.19. The molecule has 0 saturated carbocycles. The molecule has 1 aromatic rings. The molecule has 0 aliphatic carbocycles. The molecule has 4 heteroatoms. The summed E-state index contributed by atoms with van der Waals surface area (Å²) in [7, 11) is 1.64. The van der Waals surface area contributed by atoms with Crippen molar-refractivity contribution < 1.29 is 14.6 Å². The molecule has 0 bridgehead atoms. The first kappa shape index (κ1) is 13.5. The van der Waals surface area contributed by atoms with Crippen molar-refractivity contribution in [2.45, 2.75) is 26.3 Å². The van der Waals surface area contributed by atoms with Crippen molar-refractivity contribution in [3.63, 3.8) is 0 Å². The molecule has 0 aliphatic heterocycles. The molecule has 0 aromatic heterocycles. The molecule has 94 valence electrons. The van der Waals surface area contributed by atoms with Crippen LogP contribution in [0.3, 0.4) is 0 Å². The van der Waals surface area contributed by atoms with E-state index < -0.39 is 5.97 Å². The SMILES string of the molecule is CCC(COC)Nc1ccc(C)cc1C(=O)O. The first-order valence-corrected chi connectivity index (χ1v) is 5.67. The van der Waals surface area contributed by atoms with E-state index in [1.165, 1.54) is 0 Å². The van der Waals surface area contributed by atoms with Gasteiger partial charge < -0.3 is 15.2 Å². The minimum absolute atomic E-state index is 0.126. The molecule has 1 atom stereocenters. The lowest BCUT2D eigenvalue weighted by Crippen LogP contribution is -2.25. The van der Waals surface area contributed by atoms with Gasteiger partial charge in [0.05, 0.1) is 12.2 Å². The molecule has 0 saturated heterocycles. The number of benzene rings is 1. The normalized spacial score (nSPS) is 12.2. The molecular formula is C13H19NO3. The number of hydrogen-bond donors (Lipinski definition) is 2. The van der Waals surface area contributed by atoms with Gasteiger partial charge in [0.15, 0.2) is 0 Å². The van der Waals surface area contributed by atoms with E-state index in [-0.39, 0.29) is 6.04 Å². The summed E-state index contributed by atoms with van der Waals surface area (Å²) >= 11 is 0. The number of anilines is 1. The lowest BCUT2D eigenvalue weighted by Gasteiger charge is -2.19. The van der Waals surface area contributed by atoms with Gasteiger partial charge in [-0.25, -0.2) is 4.79 Å². The Balaban J connectivity index is 2.92. The molecule has 1 aromatic carbocycles. The number of methoxy groups -OCH3 is 1. The Hall–Kier alpha value is -1.55. The summed E-state index contributed by atoms with van der Waals surface area (Å²) in [6, 6.07) is 5.50. The van der Waals surface area contributed by atoms with Gasteiger partial charge in [0.2, 0.25) is 0 Å². The predicted molar refractivity (Wildman–Crippen MR) is 67.7 cm³/mol. The molecule has 1 rings (SSSR count). The van der Waals surface area contributed by atoms with Crippen LogP contribution < -0.4 is 5.32 Å². The van der Waals surface area contributed by atoms with E-state index in [1.807, 2.05) is 19.9 Å². The van der Waals surface area contributed by atoms with E-state index in [1.54, 1.807) is 19.2 Å². The van der Waals surface area contributed by atoms with E-state index in [0.717, 1.165) is 12.0 Å². The van der Waals surface area contributed by atoms with Crippen LogP contribution in [0, 0.1) is 6.92 Å². The van der Waals surface area contributed by atoms with Crippen LogP contribution in [-0.4, -0.2) is 30.8 Å². The maximum absolute atomic E-state index is 11.1. The summed E-state index contributed by atoms with van der Waals surface area (Å²) in [5.41, 5.74) is 1.89. The molecule has 0 aliphatic rings. The molecule has 0 heterocycles. The van der Waals surface area contributed by atoms with E-state index in [4.69, 9.17) is 9.84 Å². The van der Waals surface area contributed by atoms with Crippen molar-refractivity contribution in [2.75, 3.05) is 19.0 Å². The lowest BCUT2D eigenvalue weighted by molar-refractivity contribution is 0.0697. The minimum Gasteiger partial charge on any atom is -0.478 e. The zero-order valence-corrected chi connectivity index (χ0v) is 10.5. The monoisotopic (exact) mass is 237 g/mol. The standard InChI is InChI=1S/C13H19NO3/c1-4-10(8-17-3)14-12-6-5-9(2)7-11(12)13(15)16/h5-7,10,14H,4,8H2,1-3H3,(H,15,16). The Morgan fingerprint density at radius 3 is 2.76 bits per heavy atom. The molecule has 4 nitrogen and oxygen atoms in total. The highest BCUT2D eigenvalue weighted by Gasteiger charge is 2.13. The number of carbonyl (C=O) groups is 1. The summed E-state index contributed by atoms with van der Waals surface area (Å²) in [4.78, 5) is 11.1. The third kappa shape index (κ3) is 3.75. The molecular weight excluding hydrogens is 218 g/mol. The van der Waals surface area contributed by atoms with Crippen molar-refractivity contribution in [3.8, 4) is 0 Å². The zero-order chi connectivity index (χ0) is 12.8. The molecule has 0 amide bonds. The maximum Gasteiger partial charge on any atom is 0.337 e. The van der Waals surface area contributed by atoms with Crippen molar-refractivity contribution in [1.82, 2.24) is 0 Å². The number of aryl methyl sites for hydroxylation is 1. The second-order valence-electron chi connectivity index (χ2n) is 4.06. The number of ether oxygens (including phenoxy) is 1. The maximum atomic E-state index is 11.1. The summed E-state index contributed by atoms with van der Waals surface area (Å²) in [5, 5.41) is 12.3. The predicted octanol–water partition coefficient (Wildman–Crippen LogP) is 2.53. The lowest BCUT2D eigenvalue weighted by atomic mass is 10.1. The van der Waals surface area contributed by atoms with Crippen LogP contribution in [-0.2, 0) is 4.74 Å². The first-order chi connectivity index (χ1) is 8.08. The second kappa shape index (κ2) is 6.25. The van der Waals surface area contributed by atoms with Gasteiger partial charge in [-0.2, -0.15) is 0 Å². The summed E-state index contributed by atoms with van der Waals surface area (Å²) in [6.45, 7) is 4.47. The van der Waals surface area contributed by atoms with Gasteiger partial charge in [0, 0.05) is 18.8 Å². The number of carboxylic acids is 1. The quantitative estimate of drug-likeness (QED) is 0.798. The Labute approximate surface area is 102 Å². The Bertz CT molecular complexity index is 390. The largest absolute Gasteiger partial charge is 0.478 e. The number of carboxylic acid groups (broad SMARTS) is 1. The number of aromatic carboxylic acids is 1. The zero-order valence-electron chi connectivity index (χ0n) is 10.5. The fourth-order valence-electron chi connectivity index (χ4n) is 1.64.